The van der Waals surface area contributed by atoms with Gasteiger partial charge in [-0.1, -0.05) is 84.9 Å². The summed E-state index contributed by atoms with van der Waals surface area (Å²) in [4.78, 5) is 40.3. The number of benzene rings is 3. The molecule has 6 N–H and O–H groups in total. The van der Waals surface area contributed by atoms with Gasteiger partial charge in [0.1, 0.15) is 11.9 Å². The van der Waals surface area contributed by atoms with Crippen LogP contribution in [0.4, 0.5) is 0 Å². The van der Waals surface area contributed by atoms with Crippen molar-refractivity contribution in [3.63, 3.8) is 0 Å². The summed E-state index contributed by atoms with van der Waals surface area (Å²) < 4.78 is 0. The van der Waals surface area contributed by atoms with Crippen LogP contribution in [0.15, 0.2) is 84.9 Å². The second kappa shape index (κ2) is 13.5. The summed E-state index contributed by atoms with van der Waals surface area (Å²) in [6, 6.07) is 25.1. The third-order valence-corrected chi connectivity index (χ3v) is 7.25. The zero-order valence-electron chi connectivity index (χ0n) is 22.3. The first-order chi connectivity index (χ1) is 19.3. The van der Waals surface area contributed by atoms with Crippen LogP contribution in [0.2, 0.25) is 0 Å². The summed E-state index contributed by atoms with van der Waals surface area (Å²) >= 11 is 0. The van der Waals surface area contributed by atoms with E-state index in [4.69, 9.17) is 11.1 Å². The molecule has 0 spiro atoms. The van der Waals surface area contributed by atoms with Crippen molar-refractivity contribution in [3.8, 4) is 0 Å². The van der Waals surface area contributed by atoms with Crippen molar-refractivity contribution in [1.29, 1.82) is 5.41 Å². The molecular weight excluding hydrogens is 506 g/mol. The number of aliphatic carboxylic acids is 1. The fraction of sp³-hybridized carbons (Fsp3) is 0.290. The van der Waals surface area contributed by atoms with Crippen molar-refractivity contribution < 1.29 is 19.5 Å². The van der Waals surface area contributed by atoms with Crippen LogP contribution in [0.25, 0.3) is 0 Å². The van der Waals surface area contributed by atoms with Crippen molar-refractivity contribution in [2.75, 3.05) is 13.1 Å². The number of rotatable bonds is 12. The number of amidine groups is 1. The summed E-state index contributed by atoms with van der Waals surface area (Å²) in [5.41, 5.74) is 9.07. The van der Waals surface area contributed by atoms with Gasteiger partial charge in [0.25, 0.3) is 0 Å². The lowest BCUT2D eigenvalue weighted by Gasteiger charge is -2.29. The molecule has 1 saturated heterocycles. The fourth-order valence-corrected chi connectivity index (χ4v) is 5.08. The van der Waals surface area contributed by atoms with Crippen LogP contribution in [0.1, 0.15) is 41.0 Å². The van der Waals surface area contributed by atoms with Crippen LogP contribution in [0, 0.1) is 5.41 Å². The van der Waals surface area contributed by atoms with Gasteiger partial charge < -0.3 is 21.1 Å². The number of amides is 2. The van der Waals surface area contributed by atoms with Crippen LogP contribution in [0.5, 0.6) is 0 Å². The number of carbonyl (C=O) groups excluding carboxylic acids is 2. The van der Waals surface area contributed by atoms with E-state index < -0.39 is 18.1 Å². The number of likely N-dealkylation sites (tertiary alicyclic amines) is 1. The Morgan fingerprint density at radius 1 is 0.950 bits per heavy atom. The molecule has 2 amide bonds. The molecule has 40 heavy (non-hydrogen) atoms. The number of hydrogen-bond acceptors (Lipinski definition) is 5. The number of nitrogens with two attached hydrogens (primary N) is 1. The van der Waals surface area contributed by atoms with Gasteiger partial charge >= 0.3 is 5.97 Å². The molecule has 0 bridgehead atoms. The number of nitrogens with zero attached hydrogens (tertiary/aromatic N) is 1. The number of carboxylic acids is 1. The standard InChI is InChI=1S/C31H35N5O4/c32-29(33)24-14-11-22(12-15-24)18-35-30(39)27-17-25(23-9-5-2-6-10-23)20-36(27)31(40)26(34-19-28(37)38)16-13-21-7-3-1-4-8-21/h1-12,14-15,25-27,34H,13,16-20H2,(H3,32,33)(H,35,39)(H,37,38)/t25-,26?,27-/m0/s1. The van der Waals surface area contributed by atoms with Gasteiger partial charge in [0, 0.05) is 24.6 Å². The van der Waals surface area contributed by atoms with E-state index in [0.29, 0.717) is 31.4 Å². The van der Waals surface area contributed by atoms with Crippen LogP contribution in [-0.2, 0) is 27.3 Å². The van der Waals surface area contributed by atoms with Crippen molar-refractivity contribution in [2.24, 2.45) is 5.73 Å². The molecule has 1 aliphatic heterocycles. The molecule has 1 aliphatic rings. The Labute approximate surface area is 233 Å². The molecule has 0 aromatic heterocycles. The second-order valence-electron chi connectivity index (χ2n) is 10.0. The Kier molecular flexibility index (Phi) is 9.64. The van der Waals surface area contributed by atoms with E-state index in [9.17, 15) is 19.5 Å². The van der Waals surface area contributed by atoms with E-state index in [1.807, 2.05) is 60.7 Å². The molecule has 208 valence electrons. The largest absolute Gasteiger partial charge is 0.480 e. The third-order valence-electron chi connectivity index (χ3n) is 7.25. The smallest absolute Gasteiger partial charge is 0.317 e. The SMILES string of the molecule is N=C(N)c1ccc(CNC(=O)[C@@H]2C[C@H](c3ccccc3)CN2C(=O)C(CCc2ccccc2)NCC(=O)O)cc1. The van der Waals surface area contributed by atoms with Crippen LogP contribution in [-0.4, -0.2) is 58.8 Å². The van der Waals surface area contributed by atoms with Gasteiger partial charge in [0.15, 0.2) is 0 Å². The lowest BCUT2D eigenvalue weighted by Crippen LogP contribution is -2.53. The van der Waals surface area contributed by atoms with Crippen molar-refractivity contribution in [2.45, 2.75) is 43.8 Å². The van der Waals surface area contributed by atoms with Gasteiger partial charge in [-0.05, 0) is 36.0 Å². The van der Waals surface area contributed by atoms with Gasteiger partial charge in [-0.15, -0.1) is 0 Å². The van der Waals surface area contributed by atoms with Gasteiger partial charge in [0.05, 0.1) is 12.6 Å². The number of carboxylic acid groups (broad SMARTS) is 1. The van der Waals surface area contributed by atoms with Gasteiger partial charge in [-0.25, -0.2) is 0 Å². The Morgan fingerprint density at radius 3 is 2.23 bits per heavy atom. The molecule has 1 fully saturated rings. The van der Waals surface area contributed by atoms with Crippen LogP contribution >= 0.6 is 0 Å². The number of hydrogen-bond donors (Lipinski definition) is 5. The van der Waals surface area contributed by atoms with Crippen molar-refractivity contribution in [1.82, 2.24) is 15.5 Å². The molecule has 1 heterocycles. The maximum absolute atomic E-state index is 13.9. The number of nitrogens with one attached hydrogen (secondary N) is 3. The van der Waals surface area contributed by atoms with Crippen LogP contribution in [0.3, 0.4) is 0 Å². The summed E-state index contributed by atoms with van der Waals surface area (Å²) in [6.07, 6.45) is 1.46. The molecule has 0 aliphatic carbocycles. The number of aryl methyl sites for hydroxylation is 1. The Bertz CT molecular complexity index is 1310. The first-order valence-electron chi connectivity index (χ1n) is 13.4. The van der Waals surface area contributed by atoms with E-state index in [0.717, 1.165) is 16.7 Å². The predicted molar refractivity (Wildman–Crippen MR) is 153 cm³/mol. The first-order valence-corrected chi connectivity index (χ1v) is 13.4. The Hall–Kier alpha value is -4.50. The molecule has 9 nitrogen and oxygen atoms in total. The van der Waals surface area contributed by atoms with E-state index in [1.165, 1.54) is 0 Å². The highest BCUT2D eigenvalue weighted by Crippen LogP contribution is 2.32. The van der Waals surface area contributed by atoms with Gasteiger partial charge in [0.2, 0.25) is 11.8 Å². The molecule has 9 heteroatoms. The quantitative estimate of drug-likeness (QED) is 0.176. The highest BCUT2D eigenvalue weighted by atomic mass is 16.4. The lowest BCUT2D eigenvalue weighted by molar-refractivity contribution is -0.141. The van der Waals surface area contributed by atoms with Gasteiger partial charge in [-0.2, -0.15) is 0 Å². The average Bonchev–Trinajstić information content (AvgIpc) is 3.42. The molecular formula is C31H35N5O4. The maximum atomic E-state index is 13.9. The lowest BCUT2D eigenvalue weighted by atomic mass is 9.96. The minimum Gasteiger partial charge on any atom is -0.480 e. The molecule has 3 aromatic carbocycles. The number of carbonyl (C=O) groups is 3. The Balaban J connectivity index is 1.51. The summed E-state index contributed by atoms with van der Waals surface area (Å²) in [6.45, 7) is 0.277. The Morgan fingerprint density at radius 2 is 1.60 bits per heavy atom. The van der Waals surface area contributed by atoms with Gasteiger partial charge in [-0.3, -0.25) is 25.1 Å². The second-order valence-corrected chi connectivity index (χ2v) is 10.0. The van der Waals surface area contributed by atoms with Crippen molar-refractivity contribution in [3.05, 3.63) is 107 Å². The normalized spacial score (nSPS) is 17.2. The first kappa shape index (κ1) is 28.5. The molecule has 3 aromatic rings. The van der Waals surface area contributed by atoms with E-state index >= 15 is 0 Å². The minimum absolute atomic E-state index is 0.0232. The molecule has 3 atom stereocenters. The number of nitrogen functional groups attached to an aromatic ring is 1. The highest BCUT2D eigenvalue weighted by Gasteiger charge is 2.42. The monoisotopic (exact) mass is 541 g/mol. The predicted octanol–water partition coefficient (Wildman–Crippen LogP) is 2.65. The van der Waals surface area contributed by atoms with E-state index in [1.54, 1.807) is 29.2 Å². The summed E-state index contributed by atoms with van der Waals surface area (Å²) in [7, 11) is 0. The summed E-state index contributed by atoms with van der Waals surface area (Å²) in [5.74, 6) is -1.64. The minimum atomic E-state index is -1.05. The molecule has 1 unspecified atom stereocenters. The van der Waals surface area contributed by atoms with Crippen LogP contribution < -0.4 is 16.4 Å². The third kappa shape index (κ3) is 7.54. The van der Waals surface area contributed by atoms with Crippen molar-refractivity contribution >= 4 is 23.6 Å². The average molecular weight is 542 g/mol. The zero-order valence-corrected chi connectivity index (χ0v) is 22.3. The molecule has 4 rings (SSSR count). The topological polar surface area (TPSA) is 149 Å². The highest BCUT2D eigenvalue weighted by molar-refractivity contribution is 5.95. The molecule has 0 radical (unpaired) electrons. The fourth-order valence-electron chi connectivity index (χ4n) is 5.08. The summed E-state index contributed by atoms with van der Waals surface area (Å²) in [5, 5.41) is 22.7. The van der Waals surface area contributed by atoms with E-state index in [-0.39, 0.29) is 36.7 Å². The zero-order chi connectivity index (χ0) is 28.5. The maximum Gasteiger partial charge on any atom is 0.317 e. The van der Waals surface area contributed by atoms with E-state index in [2.05, 4.69) is 10.6 Å². The molecule has 0 saturated carbocycles.